The van der Waals surface area contributed by atoms with Gasteiger partial charge in [-0.15, -0.1) is 0 Å². The van der Waals surface area contributed by atoms with Crippen LogP contribution < -0.4 is 15.4 Å². The maximum absolute atomic E-state index is 12.9. The summed E-state index contributed by atoms with van der Waals surface area (Å²) in [6.45, 7) is 5.87. The van der Waals surface area contributed by atoms with E-state index >= 15 is 0 Å². The molecule has 2 amide bonds. The normalized spacial score (nSPS) is 11.0. The highest BCUT2D eigenvalue weighted by Crippen LogP contribution is 2.32. The highest BCUT2D eigenvalue weighted by atomic mass is 16.5. The minimum absolute atomic E-state index is 0.133. The van der Waals surface area contributed by atoms with Crippen LogP contribution in [0.5, 0.6) is 5.75 Å². The lowest BCUT2D eigenvalue weighted by molar-refractivity contribution is -0.121. The SMILES string of the molecule is CCOc1ccc(NC(=O)C(C)(C)NC(=O)OCc2ccccc2)c2ccccc12. The molecule has 3 aromatic rings. The smallest absolute Gasteiger partial charge is 0.408 e. The first-order valence-electron chi connectivity index (χ1n) is 9.85. The lowest BCUT2D eigenvalue weighted by atomic mass is 10.0. The molecule has 0 radical (unpaired) electrons. The fourth-order valence-corrected chi connectivity index (χ4v) is 3.01. The van der Waals surface area contributed by atoms with Crippen molar-refractivity contribution in [2.45, 2.75) is 32.9 Å². The first-order valence-corrected chi connectivity index (χ1v) is 9.85. The number of ether oxygens (including phenoxy) is 2. The summed E-state index contributed by atoms with van der Waals surface area (Å²) in [4.78, 5) is 25.1. The van der Waals surface area contributed by atoms with Crippen molar-refractivity contribution in [2.75, 3.05) is 11.9 Å². The number of amides is 2. The van der Waals surface area contributed by atoms with Crippen LogP contribution in [0.1, 0.15) is 26.3 Å². The van der Waals surface area contributed by atoms with Crippen molar-refractivity contribution in [1.29, 1.82) is 0 Å². The molecule has 3 aromatic carbocycles. The Hall–Kier alpha value is -3.54. The molecule has 0 fully saturated rings. The fraction of sp³-hybridized carbons (Fsp3) is 0.250. The molecule has 0 spiro atoms. The number of fused-ring (bicyclic) bond motifs is 1. The Bertz CT molecular complexity index is 1030. The summed E-state index contributed by atoms with van der Waals surface area (Å²) in [6, 6.07) is 20.7. The van der Waals surface area contributed by atoms with Crippen LogP contribution in [-0.2, 0) is 16.1 Å². The molecular weight excluding hydrogens is 380 g/mol. The van der Waals surface area contributed by atoms with E-state index in [0.29, 0.717) is 12.3 Å². The molecule has 0 heterocycles. The number of nitrogens with one attached hydrogen (secondary N) is 2. The van der Waals surface area contributed by atoms with Crippen molar-refractivity contribution in [3.63, 3.8) is 0 Å². The Labute approximate surface area is 176 Å². The number of hydrogen-bond donors (Lipinski definition) is 2. The number of alkyl carbamates (subject to hydrolysis) is 1. The molecule has 0 saturated heterocycles. The van der Waals surface area contributed by atoms with Gasteiger partial charge in [-0.3, -0.25) is 4.79 Å². The molecule has 0 aliphatic heterocycles. The highest BCUT2D eigenvalue weighted by molar-refractivity contribution is 6.07. The zero-order valence-electron chi connectivity index (χ0n) is 17.4. The van der Waals surface area contributed by atoms with Crippen molar-refractivity contribution in [2.24, 2.45) is 0 Å². The number of carbonyl (C=O) groups is 2. The molecule has 0 atom stereocenters. The van der Waals surface area contributed by atoms with E-state index in [0.717, 1.165) is 22.1 Å². The van der Waals surface area contributed by atoms with Gasteiger partial charge in [-0.1, -0.05) is 54.6 Å². The topological polar surface area (TPSA) is 76.7 Å². The molecule has 0 saturated carbocycles. The summed E-state index contributed by atoms with van der Waals surface area (Å²) >= 11 is 0. The summed E-state index contributed by atoms with van der Waals surface area (Å²) in [6.07, 6.45) is -0.657. The van der Waals surface area contributed by atoms with Crippen molar-refractivity contribution in [3.8, 4) is 5.75 Å². The van der Waals surface area contributed by atoms with Gasteiger partial charge in [0.15, 0.2) is 0 Å². The number of rotatable bonds is 7. The monoisotopic (exact) mass is 406 g/mol. The molecule has 156 valence electrons. The molecular formula is C24H26N2O4. The first kappa shape index (κ1) is 21.2. The lowest BCUT2D eigenvalue weighted by Gasteiger charge is -2.25. The average molecular weight is 406 g/mol. The van der Waals surface area contributed by atoms with Crippen molar-refractivity contribution in [3.05, 3.63) is 72.3 Å². The van der Waals surface area contributed by atoms with E-state index in [9.17, 15) is 9.59 Å². The molecule has 2 N–H and O–H groups in total. The second-order valence-corrected chi connectivity index (χ2v) is 7.36. The van der Waals surface area contributed by atoms with E-state index in [1.165, 1.54) is 0 Å². The average Bonchev–Trinajstić information content (AvgIpc) is 2.74. The molecule has 30 heavy (non-hydrogen) atoms. The molecule has 0 bridgehead atoms. The van der Waals surface area contributed by atoms with Crippen LogP contribution in [0.4, 0.5) is 10.5 Å². The van der Waals surface area contributed by atoms with Crippen LogP contribution in [0.3, 0.4) is 0 Å². The maximum atomic E-state index is 12.9. The van der Waals surface area contributed by atoms with Crippen LogP contribution in [0, 0.1) is 0 Å². The van der Waals surface area contributed by atoms with Gasteiger partial charge in [-0.05, 0) is 38.5 Å². The van der Waals surface area contributed by atoms with E-state index in [1.54, 1.807) is 19.9 Å². The largest absolute Gasteiger partial charge is 0.493 e. The van der Waals surface area contributed by atoms with Gasteiger partial charge >= 0.3 is 6.09 Å². The van der Waals surface area contributed by atoms with Crippen LogP contribution in [0.25, 0.3) is 10.8 Å². The first-order chi connectivity index (χ1) is 14.4. The molecule has 0 aliphatic rings. The third kappa shape index (κ3) is 5.08. The summed E-state index contributed by atoms with van der Waals surface area (Å²) in [5, 5.41) is 7.31. The van der Waals surface area contributed by atoms with Gasteiger partial charge in [0.1, 0.15) is 17.9 Å². The minimum atomic E-state index is -1.17. The number of benzene rings is 3. The molecule has 6 heteroatoms. The van der Waals surface area contributed by atoms with Gasteiger partial charge in [0.25, 0.3) is 0 Å². The second kappa shape index (κ2) is 9.31. The minimum Gasteiger partial charge on any atom is -0.493 e. The van der Waals surface area contributed by atoms with E-state index in [1.807, 2.05) is 67.6 Å². The van der Waals surface area contributed by atoms with E-state index in [4.69, 9.17) is 9.47 Å². The van der Waals surface area contributed by atoms with E-state index in [2.05, 4.69) is 10.6 Å². The van der Waals surface area contributed by atoms with Gasteiger partial charge in [0, 0.05) is 16.5 Å². The van der Waals surface area contributed by atoms with Crippen LogP contribution in [0.15, 0.2) is 66.7 Å². The second-order valence-electron chi connectivity index (χ2n) is 7.36. The standard InChI is InChI=1S/C24H26N2O4/c1-4-29-21-15-14-20(18-12-8-9-13-19(18)21)25-22(27)24(2,3)26-23(28)30-16-17-10-6-5-7-11-17/h5-15H,4,16H2,1-3H3,(H,25,27)(H,26,28). The molecule has 6 nitrogen and oxygen atoms in total. The zero-order valence-corrected chi connectivity index (χ0v) is 17.4. The Balaban J connectivity index is 1.68. The molecule has 0 unspecified atom stereocenters. The van der Waals surface area contributed by atoms with Gasteiger partial charge < -0.3 is 20.1 Å². The van der Waals surface area contributed by atoms with E-state index < -0.39 is 11.6 Å². The number of carbonyl (C=O) groups excluding carboxylic acids is 2. The van der Waals surface area contributed by atoms with Gasteiger partial charge in [0.05, 0.1) is 6.61 Å². The summed E-state index contributed by atoms with van der Waals surface area (Å²) < 4.78 is 10.9. The van der Waals surface area contributed by atoms with Gasteiger partial charge in [0.2, 0.25) is 5.91 Å². The quantitative estimate of drug-likeness (QED) is 0.586. The molecule has 3 rings (SSSR count). The fourth-order valence-electron chi connectivity index (χ4n) is 3.01. The Morgan fingerprint density at radius 2 is 1.57 bits per heavy atom. The summed E-state index contributed by atoms with van der Waals surface area (Å²) in [5.41, 5.74) is 0.343. The van der Waals surface area contributed by atoms with Gasteiger partial charge in [-0.2, -0.15) is 0 Å². The van der Waals surface area contributed by atoms with E-state index in [-0.39, 0.29) is 12.5 Å². The Morgan fingerprint density at radius 1 is 0.900 bits per heavy atom. The molecule has 0 aromatic heterocycles. The predicted molar refractivity (Wildman–Crippen MR) is 118 cm³/mol. The highest BCUT2D eigenvalue weighted by Gasteiger charge is 2.30. The Morgan fingerprint density at radius 3 is 2.27 bits per heavy atom. The Kier molecular flexibility index (Phi) is 6.57. The van der Waals surface area contributed by atoms with Crippen LogP contribution >= 0.6 is 0 Å². The van der Waals surface area contributed by atoms with Gasteiger partial charge in [-0.25, -0.2) is 4.79 Å². The molecule has 0 aliphatic carbocycles. The lowest BCUT2D eigenvalue weighted by Crippen LogP contribution is -2.52. The zero-order chi connectivity index (χ0) is 21.6. The van der Waals surface area contributed by atoms with Crippen molar-refractivity contribution in [1.82, 2.24) is 5.32 Å². The predicted octanol–water partition coefficient (Wildman–Crippen LogP) is 4.88. The maximum Gasteiger partial charge on any atom is 0.408 e. The third-order valence-corrected chi connectivity index (χ3v) is 4.63. The van der Waals surface area contributed by atoms with Crippen LogP contribution in [0.2, 0.25) is 0 Å². The van der Waals surface area contributed by atoms with Crippen molar-refractivity contribution < 1.29 is 19.1 Å². The third-order valence-electron chi connectivity index (χ3n) is 4.63. The summed E-state index contributed by atoms with van der Waals surface area (Å²) in [7, 11) is 0. The number of hydrogen-bond acceptors (Lipinski definition) is 4. The van der Waals surface area contributed by atoms with Crippen LogP contribution in [-0.4, -0.2) is 24.1 Å². The number of anilines is 1. The summed E-state index contributed by atoms with van der Waals surface area (Å²) in [5.74, 6) is 0.404. The van der Waals surface area contributed by atoms with Crippen molar-refractivity contribution >= 4 is 28.5 Å².